The standard InChI is InChI=1S/C19H29FN4O2/c1-14(2)17(23-18(25)15-4-6-16(20)7-5-15)19(26)22-8-3-11-24-12-9-21-10-13-24/h4-7,14,17,21H,3,8-13H2,1-2H3,(H,22,26)(H,23,25). The molecule has 1 aliphatic rings. The van der Waals surface area contributed by atoms with E-state index in [2.05, 4.69) is 20.9 Å². The average Bonchev–Trinajstić information content (AvgIpc) is 2.64. The van der Waals surface area contributed by atoms with Gasteiger partial charge in [0.05, 0.1) is 0 Å². The molecule has 2 rings (SSSR count). The van der Waals surface area contributed by atoms with E-state index in [-0.39, 0.29) is 17.7 Å². The van der Waals surface area contributed by atoms with E-state index in [0.29, 0.717) is 12.1 Å². The summed E-state index contributed by atoms with van der Waals surface area (Å²) in [6.07, 6.45) is 0.877. The van der Waals surface area contributed by atoms with Gasteiger partial charge in [0.2, 0.25) is 5.91 Å². The molecule has 144 valence electrons. The number of nitrogens with zero attached hydrogens (tertiary/aromatic N) is 1. The van der Waals surface area contributed by atoms with Gasteiger partial charge in [0.15, 0.2) is 0 Å². The highest BCUT2D eigenvalue weighted by Crippen LogP contribution is 2.07. The number of hydrogen-bond acceptors (Lipinski definition) is 4. The van der Waals surface area contributed by atoms with Crippen LogP contribution in [-0.2, 0) is 4.79 Å². The highest BCUT2D eigenvalue weighted by molar-refractivity contribution is 5.97. The number of nitrogens with one attached hydrogen (secondary N) is 3. The van der Waals surface area contributed by atoms with Crippen LogP contribution in [0.2, 0.25) is 0 Å². The van der Waals surface area contributed by atoms with Crippen molar-refractivity contribution in [3.8, 4) is 0 Å². The van der Waals surface area contributed by atoms with Crippen molar-refractivity contribution in [3.63, 3.8) is 0 Å². The third kappa shape index (κ3) is 6.38. The van der Waals surface area contributed by atoms with Crippen LogP contribution >= 0.6 is 0 Å². The maximum atomic E-state index is 13.0. The van der Waals surface area contributed by atoms with Gasteiger partial charge in [-0.15, -0.1) is 0 Å². The van der Waals surface area contributed by atoms with Crippen LogP contribution in [0.15, 0.2) is 24.3 Å². The molecule has 7 heteroatoms. The molecule has 0 saturated carbocycles. The predicted molar refractivity (Wildman–Crippen MR) is 99.4 cm³/mol. The van der Waals surface area contributed by atoms with E-state index in [0.717, 1.165) is 39.1 Å². The number of rotatable bonds is 8. The molecule has 0 bridgehead atoms. The third-order valence-corrected chi connectivity index (χ3v) is 4.50. The molecule has 0 aromatic heterocycles. The van der Waals surface area contributed by atoms with Crippen molar-refractivity contribution in [3.05, 3.63) is 35.6 Å². The molecule has 0 radical (unpaired) electrons. The average molecular weight is 364 g/mol. The molecular weight excluding hydrogens is 335 g/mol. The highest BCUT2D eigenvalue weighted by atomic mass is 19.1. The Balaban J connectivity index is 1.78. The zero-order chi connectivity index (χ0) is 18.9. The Labute approximate surface area is 154 Å². The van der Waals surface area contributed by atoms with Crippen LogP contribution in [0.1, 0.15) is 30.6 Å². The normalized spacial score (nSPS) is 16.3. The lowest BCUT2D eigenvalue weighted by Gasteiger charge is -2.27. The fraction of sp³-hybridized carbons (Fsp3) is 0.579. The van der Waals surface area contributed by atoms with E-state index in [1.165, 1.54) is 24.3 Å². The van der Waals surface area contributed by atoms with Crippen LogP contribution in [0.5, 0.6) is 0 Å². The van der Waals surface area contributed by atoms with E-state index < -0.39 is 11.9 Å². The van der Waals surface area contributed by atoms with Gasteiger partial charge in [-0.2, -0.15) is 0 Å². The van der Waals surface area contributed by atoms with Crippen molar-refractivity contribution < 1.29 is 14.0 Å². The lowest BCUT2D eigenvalue weighted by atomic mass is 10.0. The Morgan fingerprint density at radius 3 is 2.46 bits per heavy atom. The first-order valence-corrected chi connectivity index (χ1v) is 9.24. The molecule has 1 heterocycles. The van der Waals surface area contributed by atoms with Crippen LogP contribution in [0.4, 0.5) is 4.39 Å². The Bertz CT molecular complexity index is 586. The second kappa shape index (κ2) is 10.2. The molecule has 1 atom stereocenters. The van der Waals surface area contributed by atoms with Gasteiger partial charge in [0, 0.05) is 38.3 Å². The number of hydrogen-bond donors (Lipinski definition) is 3. The number of piperazine rings is 1. The topological polar surface area (TPSA) is 73.5 Å². The first kappa shape index (κ1) is 20.3. The minimum absolute atomic E-state index is 0.0485. The smallest absolute Gasteiger partial charge is 0.251 e. The number of halogens is 1. The number of carbonyl (C=O) groups is 2. The van der Waals surface area contributed by atoms with Gasteiger partial charge in [-0.3, -0.25) is 9.59 Å². The van der Waals surface area contributed by atoms with Crippen molar-refractivity contribution in [1.29, 1.82) is 0 Å². The fourth-order valence-corrected chi connectivity index (χ4v) is 2.92. The molecule has 1 unspecified atom stereocenters. The zero-order valence-corrected chi connectivity index (χ0v) is 15.6. The minimum Gasteiger partial charge on any atom is -0.354 e. The third-order valence-electron chi connectivity index (χ3n) is 4.50. The lowest BCUT2D eigenvalue weighted by Crippen LogP contribution is -2.50. The first-order valence-electron chi connectivity index (χ1n) is 9.24. The van der Waals surface area contributed by atoms with E-state index in [1.54, 1.807) is 0 Å². The summed E-state index contributed by atoms with van der Waals surface area (Å²) in [5.74, 6) is -1.01. The van der Waals surface area contributed by atoms with Gasteiger partial charge < -0.3 is 20.9 Å². The first-order chi connectivity index (χ1) is 12.5. The predicted octanol–water partition coefficient (Wildman–Crippen LogP) is 0.992. The lowest BCUT2D eigenvalue weighted by molar-refractivity contribution is -0.123. The van der Waals surface area contributed by atoms with Gasteiger partial charge in [-0.1, -0.05) is 13.8 Å². The molecule has 1 aliphatic heterocycles. The van der Waals surface area contributed by atoms with Crippen LogP contribution < -0.4 is 16.0 Å². The van der Waals surface area contributed by atoms with Crippen molar-refractivity contribution in [1.82, 2.24) is 20.9 Å². The largest absolute Gasteiger partial charge is 0.354 e. The Morgan fingerprint density at radius 2 is 1.85 bits per heavy atom. The summed E-state index contributed by atoms with van der Waals surface area (Å²) < 4.78 is 13.0. The maximum absolute atomic E-state index is 13.0. The molecule has 1 saturated heterocycles. The SMILES string of the molecule is CC(C)C(NC(=O)c1ccc(F)cc1)C(=O)NCCCN1CCNCC1. The van der Waals surface area contributed by atoms with E-state index >= 15 is 0 Å². The van der Waals surface area contributed by atoms with E-state index in [1.807, 2.05) is 13.8 Å². The monoisotopic (exact) mass is 364 g/mol. The van der Waals surface area contributed by atoms with Crippen molar-refractivity contribution in [2.75, 3.05) is 39.3 Å². The summed E-state index contributed by atoms with van der Waals surface area (Å²) in [5, 5.41) is 8.98. The molecule has 1 aromatic carbocycles. The molecule has 26 heavy (non-hydrogen) atoms. The summed E-state index contributed by atoms with van der Waals surface area (Å²) in [4.78, 5) is 27.1. The minimum atomic E-state index is -0.619. The summed E-state index contributed by atoms with van der Waals surface area (Å²) in [6, 6.07) is 4.66. The van der Waals surface area contributed by atoms with Gasteiger partial charge in [-0.25, -0.2) is 4.39 Å². The maximum Gasteiger partial charge on any atom is 0.251 e. The summed E-state index contributed by atoms with van der Waals surface area (Å²) in [6.45, 7) is 9.40. The van der Waals surface area contributed by atoms with Crippen LogP contribution in [-0.4, -0.2) is 62.0 Å². The van der Waals surface area contributed by atoms with Gasteiger partial charge >= 0.3 is 0 Å². The van der Waals surface area contributed by atoms with Crippen molar-refractivity contribution >= 4 is 11.8 Å². The summed E-state index contributed by atoms with van der Waals surface area (Å²) in [7, 11) is 0. The van der Waals surface area contributed by atoms with Gasteiger partial charge in [0.1, 0.15) is 11.9 Å². The van der Waals surface area contributed by atoms with Gasteiger partial charge in [0.25, 0.3) is 5.91 Å². The summed E-state index contributed by atoms with van der Waals surface area (Å²) >= 11 is 0. The van der Waals surface area contributed by atoms with Crippen molar-refractivity contribution in [2.24, 2.45) is 5.92 Å². The van der Waals surface area contributed by atoms with Crippen molar-refractivity contribution in [2.45, 2.75) is 26.3 Å². The van der Waals surface area contributed by atoms with Crippen LogP contribution in [0.3, 0.4) is 0 Å². The molecule has 0 spiro atoms. The quantitative estimate of drug-likeness (QED) is 0.602. The molecule has 1 fully saturated rings. The molecule has 0 aliphatic carbocycles. The number of carbonyl (C=O) groups excluding carboxylic acids is 2. The van der Waals surface area contributed by atoms with E-state index in [4.69, 9.17) is 0 Å². The Hall–Kier alpha value is -1.99. The Kier molecular flexibility index (Phi) is 8.00. The number of amides is 2. The Morgan fingerprint density at radius 1 is 1.19 bits per heavy atom. The molecular formula is C19H29FN4O2. The zero-order valence-electron chi connectivity index (χ0n) is 15.6. The molecule has 3 N–H and O–H groups in total. The summed E-state index contributed by atoms with van der Waals surface area (Å²) in [5.41, 5.74) is 0.337. The molecule has 6 nitrogen and oxygen atoms in total. The molecule has 2 amide bonds. The van der Waals surface area contributed by atoms with Crippen LogP contribution in [0.25, 0.3) is 0 Å². The van der Waals surface area contributed by atoms with Crippen LogP contribution in [0, 0.1) is 11.7 Å². The second-order valence-electron chi connectivity index (χ2n) is 6.94. The molecule has 1 aromatic rings. The fourth-order valence-electron chi connectivity index (χ4n) is 2.92. The van der Waals surface area contributed by atoms with Gasteiger partial charge in [-0.05, 0) is 43.1 Å². The van der Waals surface area contributed by atoms with E-state index in [9.17, 15) is 14.0 Å². The highest BCUT2D eigenvalue weighted by Gasteiger charge is 2.24. The second-order valence-corrected chi connectivity index (χ2v) is 6.94. The number of benzene rings is 1.